The highest BCUT2D eigenvalue weighted by molar-refractivity contribution is 6.31. The SMILES string of the molecule is COC1CC(n2nnnc2-c2cc(N)cc(Cl)c2)C1(C)C. The maximum atomic E-state index is 6.07. The Bertz CT molecular complexity index is 649. The fourth-order valence-electron chi connectivity index (χ4n) is 3.01. The molecular formula is C14H18ClN5O. The van der Waals surface area contributed by atoms with Gasteiger partial charge in [-0.3, -0.25) is 0 Å². The highest BCUT2D eigenvalue weighted by atomic mass is 35.5. The first-order valence-electron chi connectivity index (χ1n) is 6.80. The first kappa shape index (κ1) is 14.3. The third kappa shape index (κ3) is 2.28. The summed E-state index contributed by atoms with van der Waals surface area (Å²) in [6.07, 6.45) is 1.10. The van der Waals surface area contributed by atoms with Crippen molar-refractivity contribution < 1.29 is 4.74 Å². The number of rotatable bonds is 3. The van der Waals surface area contributed by atoms with Crippen LogP contribution >= 0.6 is 11.6 Å². The molecule has 7 heteroatoms. The lowest BCUT2D eigenvalue weighted by atomic mass is 9.64. The number of benzene rings is 1. The predicted octanol–water partition coefficient (Wildman–Crippen LogP) is 2.56. The first-order chi connectivity index (χ1) is 9.93. The Morgan fingerprint density at radius 2 is 2.14 bits per heavy atom. The standard InChI is InChI=1S/C14H18ClN5O/c1-14(2)11(7-12(14)21-3)20-13(17-18-19-20)8-4-9(15)6-10(16)5-8/h4-6,11-12H,7,16H2,1-3H3. The zero-order valence-electron chi connectivity index (χ0n) is 12.2. The summed E-state index contributed by atoms with van der Waals surface area (Å²) in [5.41, 5.74) is 7.24. The molecule has 2 N–H and O–H groups in total. The second kappa shape index (κ2) is 4.96. The summed E-state index contributed by atoms with van der Waals surface area (Å²) in [6, 6.07) is 5.54. The van der Waals surface area contributed by atoms with Gasteiger partial charge in [0.15, 0.2) is 5.82 Å². The Kier molecular flexibility index (Phi) is 3.37. The molecule has 0 spiro atoms. The molecule has 0 radical (unpaired) electrons. The third-order valence-electron chi connectivity index (χ3n) is 4.38. The molecule has 0 saturated heterocycles. The van der Waals surface area contributed by atoms with Gasteiger partial charge in [-0.2, -0.15) is 0 Å². The van der Waals surface area contributed by atoms with E-state index in [4.69, 9.17) is 22.1 Å². The number of aromatic nitrogens is 4. The van der Waals surface area contributed by atoms with Gasteiger partial charge in [-0.15, -0.1) is 5.10 Å². The molecule has 2 aromatic rings. The summed E-state index contributed by atoms with van der Waals surface area (Å²) < 4.78 is 7.34. The molecular weight excluding hydrogens is 290 g/mol. The molecule has 6 nitrogen and oxygen atoms in total. The summed E-state index contributed by atoms with van der Waals surface area (Å²) in [7, 11) is 1.74. The quantitative estimate of drug-likeness (QED) is 0.882. The third-order valence-corrected chi connectivity index (χ3v) is 4.60. The lowest BCUT2D eigenvalue weighted by Gasteiger charge is -2.50. The minimum Gasteiger partial charge on any atom is -0.399 e. The van der Waals surface area contributed by atoms with E-state index in [0.717, 1.165) is 12.0 Å². The van der Waals surface area contributed by atoms with E-state index in [-0.39, 0.29) is 17.6 Å². The molecule has 1 saturated carbocycles. The average molecular weight is 308 g/mol. The van der Waals surface area contributed by atoms with Crippen molar-refractivity contribution in [3.63, 3.8) is 0 Å². The van der Waals surface area contributed by atoms with Crippen LogP contribution in [-0.4, -0.2) is 33.4 Å². The van der Waals surface area contributed by atoms with Crippen molar-refractivity contribution in [1.29, 1.82) is 0 Å². The molecule has 21 heavy (non-hydrogen) atoms. The molecule has 0 amide bonds. The van der Waals surface area contributed by atoms with Gasteiger partial charge >= 0.3 is 0 Å². The molecule has 1 aliphatic carbocycles. The van der Waals surface area contributed by atoms with Crippen molar-refractivity contribution in [2.75, 3.05) is 12.8 Å². The molecule has 0 bridgehead atoms. The van der Waals surface area contributed by atoms with Gasteiger partial charge in [0.2, 0.25) is 0 Å². The maximum absolute atomic E-state index is 6.07. The fraction of sp³-hybridized carbons (Fsp3) is 0.500. The zero-order valence-corrected chi connectivity index (χ0v) is 13.0. The number of methoxy groups -OCH3 is 1. The minimum atomic E-state index is -0.0248. The lowest BCUT2D eigenvalue weighted by Crippen LogP contribution is -2.51. The van der Waals surface area contributed by atoms with Crippen LogP contribution in [0.2, 0.25) is 5.02 Å². The normalized spacial score (nSPS) is 23.8. The van der Waals surface area contributed by atoms with Crippen molar-refractivity contribution >= 4 is 17.3 Å². The lowest BCUT2D eigenvalue weighted by molar-refractivity contribution is -0.116. The Morgan fingerprint density at radius 1 is 1.38 bits per heavy atom. The van der Waals surface area contributed by atoms with Crippen LogP contribution in [0.3, 0.4) is 0 Å². The second-order valence-corrected chi connectivity index (χ2v) is 6.45. The van der Waals surface area contributed by atoms with Crippen molar-refractivity contribution in [2.45, 2.75) is 32.4 Å². The van der Waals surface area contributed by atoms with Crippen molar-refractivity contribution in [3.8, 4) is 11.4 Å². The zero-order chi connectivity index (χ0) is 15.2. The molecule has 3 rings (SSSR count). The Hall–Kier alpha value is -1.66. The van der Waals surface area contributed by atoms with E-state index in [2.05, 4.69) is 29.4 Å². The molecule has 2 unspecified atom stereocenters. The van der Waals surface area contributed by atoms with Gasteiger partial charge in [0.05, 0.1) is 12.1 Å². The molecule has 1 fully saturated rings. The fourth-order valence-corrected chi connectivity index (χ4v) is 3.26. The van der Waals surface area contributed by atoms with Gasteiger partial charge in [-0.25, -0.2) is 4.68 Å². The number of nitrogens with zero attached hydrogens (tertiary/aromatic N) is 4. The highest BCUT2D eigenvalue weighted by Gasteiger charge is 2.51. The molecule has 112 valence electrons. The number of ether oxygens (including phenoxy) is 1. The van der Waals surface area contributed by atoms with Crippen LogP contribution in [0.1, 0.15) is 26.3 Å². The Morgan fingerprint density at radius 3 is 2.76 bits per heavy atom. The monoisotopic (exact) mass is 307 g/mol. The number of nitrogen functional groups attached to an aromatic ring is 1. The van der Waals surface area contributed by atoms with E-state index in [1.807, 2.05) is 16.8 Å². The van der Waals surface area contributed by atoms with E-state index < -0.39 is 0 Å². The number of tetrazole rings is 1. The predicted molar refractivity (Wildman–Crippen MR) is 80.9 cm³/mol. The van der Waals surface area contributed by atoms with Gasteiger partial charge in [0, 0.05) is 28.8 Å². The van der Waals surface area contributed by atoms with Crippen molar-refractivity contribution in [1.82, 2.24) is 20.2 Å². The molecule has 1 aliphatic rings. The molecule has 1 aromatic carbocycles. The summed E-state index contributed by atoms with van der Waals surface area (Å²) in [5.74, 6) is 0.678. The Labute approximate surface area is 128 Å². The van der Waals surface area contributed by atoms with Crippen LogP contribution in [-0.2, 0) is 4.74 Å². The van der Waals surface area contributed by atoms with E-state index in [9.17, 15) is 0 Å². The van der Waals surface area contributed by atoms with E-state index in [1.165, 1.54) is 0 Å². The van der Waals surface area contributed by atoms with Crippen LogP contribution < -0.4 is 5.73 Å². The number of anilines is 1. The van der Waals surface area contributed by atoms with Gasteiger partial charge in [-0.1, -0.05) is 25.4 Å². The van der Waals surface area contributed by atoms with E-state index in [0.29, 0.717) is 16.5 Å². The van der Waals surface area contributed by atoms with Crippen molar-refractivity contribution in [2.24, 2.45) is 5.41 Å². The molecule has 1 heterocycles. The second-order valence-electron chi connectivity index (χ2n) is 6.02. The summed E-state index contributed by atoms with van der Waals surface area (Å²) >= 11 is 6.07. The van der Waals surface area contributed by atoms with Crippen LogP contribution in [0, 0.1) is 5.41 Å². The van der Waals surface area contributed by atoms with Gasteiger partial charge < -0.3 is 10.5 Å². The van der Waals surface area contributed by atoms with E-state index >= 15 is 0 Å². The first-order valence-corrected chi connectivity index (χ1v) is 7.18. The van der Waals surface area contributed by atoms with Crippen molar-refractivity contribution in [3.05, 3.63) is 23.2 Å². The van der Waals surface area contributed by atoms with Gasteiger partial charge in [0.1, 0.15) is 0 Å². The number of nitrogens with two attached hydrogens (primary N) is 1. The Balaban J connectivity index is 1.99. The number of hydrogen-bond donors (Lipinski definition) is 1. The van der Waals surface area contributed by atoms with Crippen LogP contribution in [0.25, 0.3) is 11.4 Å². The number of hydrogen-bond acceptors (Lipinski definition) is 5. The molecule has 1 aromatic heterocycles. The van der Waals surface area contributed by atoms with Crippen LogP contribution in [0.5, 0.6) is 0 Å². The van der Waals surface area contributed by atoms with E-state index in [1.54, 1.807) is 13.2 Å². The average Bonchev–Trinajstić information content (AvgIpc) is 2.85. The highest BCUT2D eigenvalue weighted by Crippen LogP contribution is 2.51. The summed E-state index contributed by atoms with van der Waals surface area (Å²) in [5, 5.41) is 12.7. The maximum Gasteiger partial charge on any atom is 0.182 e. The van der Waals surface area contributed by atoms with Crippen LogP contribution in [0.4, 0.5) is 5.69 Å². The summed E-state index contributed by atoms with van der Waals surface area (Å²) in [4.78, 5) is 0. The summed E-state index contributed by atoms with van der Waals surface area (Å²) in [6.45, 7) is 4.32. The molecule has 2 atom stereocenters. The molecule has 0 aliphatic heterocycles. The van der Waals surface area contributed by atoms with Crippen LogP contribution in [0.15, 0.2) is 18.2 Å². The van der Waals surface area contributed by atoms with Gasteiger partial charge in [-0.05, 0) is 35.0 Å². The minimum absolute atomic E-state index is 0.0248. The number of halogens is 1. The topological polar surface area (TPSA) is 78.8 Å². The van der Waals surface area contributed by atoms with Gasteiger partial charge in [0.25, 0.3) is 0 Å². The largest absolute Gasteiger partial charge is 0.399 e. The smallest absolute Gasteiger partial charge is 0.182 e.